The highest BCUT2D eigenvalue weighted by Gasteiger charge is 2.22. The zero-order valence-electron chi connectivity index (χ0n) is 44.0. The number of esters is 3. The SMILES string of the molecule is CCCCC/C=C\C/C=C\CCCCCCCC(=O)OCC(COC(=O)CCCCCCC/C=C\C/C=C\CCCCC)OC(=O)CCC(CCCCCC(C)C)OC(=O)NCCN(C)CC. The number of nitrogens with one attached hydrogen (secondary N) is 1. The fourth-order valence-corrected chi connectivity index (χ4v) is 7.38. The Labute approximate surface area is 411 Å². The number of unbranched alkanes of at least 4 members (excludes halogenated alkanes) is 18. The van der Waals surface area contributed by atoms with E-state index in [1.165, 1.54) is 51.4 Å². The standard InChI is InChI=1S/C57H102N2O8/c1-7-10-12-14-16-18-20-22-24-26-28-30-32-34-39-43-54(60)64-49-53(50-65-55(61)44-40-35-33-31-29-27-25-23-21-19-17-15-13-11-8-2)66-56(62)46-45-52(42-38-36-37-41-51(4)5)67-57(63)58-47-48-59(6)9-3/h16-19,22-25,51-53H,7-15,20-21,26-50H2,1-6H3,(H,58,63)/b18-16-,19-17-,24-22-,25-23-. The maximum Gasteiger partial charge on any atom is 0.407 e. The second-order valence-electron chi connectivity index (χ2n) is 18.9. The van der Waals surface area contributed by atoms with Crippen LogP contribution in [0.3, 0.4) is 0 Å². The van der Waals surface area contributed by atoms with Gasteiger partial charge < -0.3 is 29.2 Å². The van der Waals surface area contributed by atoms with Crippen LogP contribution in [0.4, 0.5) is 4.79 Å². The molecule has 1 N–H and O–H groups in total. The Balaban J connectivity index is 5.00. The van der Waals surface area contributed by atoms with Crippen LogP contribution in [0, 0.1) is 5.92 Å². The molecule has 0 aliphatic rings. The molecule has 0 aliphatic carbocycles. The summed E-state index contributed by atoms with van der Waals surface area (Å²) in [5, 5.41) is 2.83. The summed E-state index contributed by atoms with van der Waals surface area (Å²) in [7, 11) is 1.99. The summed E-state index contributed by atoms with van der Waals surface area (Å²) in [6.07, 6.45) is 46.1. The molecule has 0 rings (SSSR count). The van der Waals surface area contributed by atoms with Gasteiger partial charge in [-0.05, 0) is 116 Å². The maximum absolute atomic E-state index is 13.2. The maximum atomic E-state index is 13.2. The molecule has 0 bridgehead atoms. The van der Waals surface area contributed by atoms with E-state index in [2.05, 4.69) is 93.4 Å². The molecule has 0 aliphatic heterocycles. The first-order chi connectivity index (χ1) is 32.6. The van der Waals surface area contributed by atoms with E-state index in [0.717, 1.165) is 122 Å². The third kappa shape index (κ3) is 47.5. The summed E-state index contributed by atoms with van der Waals surface area (Å²) in [5.41, 5.74) is 0. The van der Waals surface area contributed by atoms with E-state index in [1.807, 2.05) is 7.05 Å². The zero-order chi connectivity index (χ0) is 49.3. The van der Waals surface area contributed by atoms with Crippen molar-refractivity contribution in [3.05, 3.63) is 48.6 Å². The minimum absolute atomic E-state index is 0.0127. The number of nitrogens with zero attached hydrogens (tertiary/aromatic N) is 1. The molecule has 1 atom stereocenters. The van der Waals surface area contributed by atoms with Crippen molar-refractivity contribution >= 4 is 24.0 Å². The summed E-state index contributed by atoms with van der Waals surface area (Å²) in [6.45, 7) is 12.6. The number of rotatable bonds is 47. The Morgan fingerprint density at radius 1 is 0.478 bits per heavy atom. The molecular formula is C57H102N2O8. The van der Waals surface area contributed by atoms with Crippen LogP contribution in [-0.2, 0) is 33.3 Å². The van der Waals surface area contributed by atoms with E-state index < -0.39 is 24.3 Å². The highest BCUT2D eigenvalue weighted by Crippen LogP contribution is 2.17. The second kappa shape index (κ2) is 49.0. The van der Waals surface area contributed by atoms with Gasteiger partial charge in [0.05, 0.1) is 0 Å². The van der Waals surface area contributed by atoms with Crippen molar-refractivity contribution in [1.29, 1.82) is 0 Å². The largest absolute Gasteiger partial charge is 0.462 e. The molecule has 0 heterocycles. The number of hydrogen-bond acceptors (Lipinski definition) is 9. The highest BCUT2D eigenvalue weighted by molar-refractivity contribution is 5.71. The van der Waals surface area contributed by atoms with Gasteiger partial charge in [0.1, 0.15) is 19.3 Å². The number of carbonyl (C=O) groups is 4. The Hall–Kier alpha value is -3.40. The topological polar surface area (TPSA) is 120 Å². The number of likely N-dealkylation sites (N-methyl/N-ethyl adjacent to an activating group) is 1. The number of allylic oxidation sites excluding steroid dienone is 8. The molecule has 0 saturated heterocycles. The van der Waals surface area contributed by atoms with E-state index in [0.29, 0.717) is 31.8 Å². The molecule has 10 heteroatoms. The van der Waals surface area contributed by atoms with Crippen molar-refractivity contribution < 1.29 is 38.1 Å². The Morgan fingerprint density at radius 2 is 0.925 bits per heavy atom. The smallest absolute Gasteiger partial charge is 0.407 e. The Bertz CT molecular complexity index is 1230. The molecule has 67 heavy (non-hydrogen) atoms. The van der Waals surface area contributed by atoms with Gasteiger partial charge in [0.15, 0.2) is 6.10 Å². The lowest BCUT2D eigenvalue weighted by atomic mass is 10.0. The number of carbonyl (C=O) groups excluding carboxylic acids is 4. The van der Waals surface area contributed by atoms with Crippen molar-refractivity contribution in [2.24, 2.45) is 5.92 Å². The number of amides is 1. The Morgan fingerprint density at radius 3 is 1.40 bits per heavy atom. The lowest BCUT2D eigenvalue weighted by molar-refractivity contribution is -0.167. The molecular weight excluding hydrogens is 841 g/mol. The van der Waals surface area contributed by atoms with Gasteiger partial charge in [-0.15, -0.1) is 0 Å². The van der Waals surface area contributed by atoms with Crippen LogP contribution in [0.25, 0.3) is 0 Å². The van der Waals surface area contributed by atoms with Crippen LogP contribution in [0.2, 0.25) is 0 Å². The van der Waals surface area contributed by atoms with E-state index in [4.69, 9.17) is 18.9 Å². The van der Waals surface area contributed by atoms with E-state index >= 15 is 0 Å². The van der Waals surface area contributed by atoms with Crippen LogP contribution >= 0.6 is 0 Å². The molecule has 0 spiro atoms. The summed E-state index contributed by atoms with van der Waals surface area (Å²) >= 11 is 0. The monoisotopic (exact) mass is 943 g/mol. The van der Waals surface area contributed by atoms with E-state index in [-0.39, 0.29) is 44.4 Å². The van der Waals surface area contributed by atoms with Gasteiger partial charge in [0, 0.05) is 32.4 Å². The molecule has 0 aromatic carbocycles. The molecule has 0 saturated carbocycles. The molecule has 0 aromatic rings. The quantitative estimate of drug-likeness (QED) is 0.0275. The first-order valence-corrected chi connectivity index (χ1v) is 27.3. The normalized spacial score (nSPS) is 12.4. The van der Waals surface area contributed by atoms with Crippen molar-refractivity contribution in [3.63, 3.8) is 0 Å². The fourth-order valence-electron chi connectivity index (χ4n) is 7.38. The van der Waals surface area contributed by atoms with Crippen LogP contribution in [0.5, 0.6) is 0 Å². The predicted molar refractivity (Wildman–Crippen MR) is 279 cm³/mol. The third-order valence-electron chi connectivity index (χ3n) is 11.9. The Kier molecular flexibility index (Phi) is 46.5. The van der Waals surface area contributed by atoms with Gasteiger partial charge in [-0.1, -0.05) is 167 Å². The van der Waals surface area contributed by atoms with Crippen LogP contribution < -0.4 is 5.32 Å². The highest BCUT2D eigenvalue weighted by atomic mass is 16.6. The van der Waals surface area contributed by atoms with Crippen molar-refractivity contribution in [3.8, 4) is 0 Å². The van der Waals surface area contributed by atoms with Gasteiger partial charge >= 0.3 is 24.0 Å². The number of ether oxygens (including phenoxy) is 4. The summed E-state index contributed by atoms with van der Waals surface area (Å²) in [6, 6.07) is 0. The van der Waals surface area contributed by atoms with Gasteiger partial charge in [0.2, 0.25) is 0 Å². The van der Waals surface area contributed by atoms with Crippen LogP contribution in [0.15, 0.2) is 48.6 Å². The molecule has 1 amide bonds. The summed E-state index contributed by atoms with van der Waals surface area (Å²) < 4.78 is 22.7. The minimum Gasteiger partial charge on any atom is -0.462 e. The zero-order valence-corrected chi connectivity index (χ0v) is 44.0. The first-order valence-electron chi connectivity index (χ1n) is 27.3. The van der Waals surface area contributed by atoms with E-state index in [9.17, 15) is 19.2 Å². The molecule has 1 unspecified atom stereocenters. The second-order valence-corrected chi connectivity index (χ2v) is 18.9. The van der Waals surface area contributed by atoms with Gasteiger partial charge in [0.25, 0.3) is 0 Å². The van der Waals surface area contributed by atoms with Gasteiger partial charge in [-0.3, -0.25) is 14.4 Å². The van der Waals surface area contributed by atoms with Crippen LogP contribution in [0.1, 0.15) is 234 Å². The summed E-state index contributed by atoms with van der Waals surface area (Å²) in [4.78, 5) is 53.6. The van der Waals surface area contributed by atoms with Crippen LogP contribution in [-0.4, -0.2) is 81.0 Å². The average Bonchev–Trinajstić information content (AvgIpc) is 3.31. The predicted octanol–water partition coefficient (Wildman–Crippen LogP) is 15.0. The van der Waals surface area contributed by atoms with Gasteiger partial charge in [-0.2, -0.15) is 0 Å². The van der Waals surface area contributed by atoms with Crippen molar-refractivity contribution in [2.75, 3.05) is 39.9 Å². The third-order valence-corrected chi connectivity index (χ3v) is 11.9. The van der Waals surface area contributed by atoms with E-state index in [1.54, 1.807) is 0 Å². The molecule has 0 aromatic heterocycles. The molecule has 10 nitrogen and oxygen atoms in total. The lowest BCUT2D eigenvalue weighted by Gasteiger charge is -2.21. The lowest BCUT2D eigenvalue weighted by Crippen LogP contribution is -2.35. The summed E-state index contributed by atoms with van der Waals surface area (Å²) in [5.74, 6) is -0.593. The average molecular weight is 943 g/mol. The fraction of sp³-hybridized carbons (Fsp3) is 0.789. The van der Waals surface area contributed by atoms with Gasteiger partial charge in [-0.25, -0.2) is 4.79 Å². The van der Waals surface area contributed by atoms with Crippen molar-refractivity contribution in [2.45, 2.75) is 246 Å². The first kappa shape index (κ1) is 63.6. The molecule has 0 fully saturated rings. The minimum atomic E-state index is -0.927. The molecule has 388 valence electrons. The number of alkyl carbamates (subject to hydrolysis) is 1. The van der Waals surface area contributed by atoms with Crippen molar-refractivity contribution in [1.82, 2.24) is 10.2 Å². The number of hydrogen-bond donors (Lipinski definition) is 1. The molecule has 0 radical (unpaired) electrons.